The van der Waals surface area contributed by atoms with Crippen molar-refractivity contribution in [2.75, 3.05) is 12.8 Å². The van der Waals surface area contributed by atoms with E-state index in [0.29, 0.717) is 39.7 Å². The van der Waals surface area contributed by atoms with Gasteiger partial charge in [0.05, 0.1) is 36.2 Å². The maximum atomic E-state index is 15.5. The third kappa shape index (κ3) is 4.73. The van der Waals surface area contributed by atoms with Gasteiger partial charge >= 0.3 is 0 Å². The summed E-state index contributed by atoms with van der Waals surface area (Å²) in [6.07, 6.45) is 9.81. The molecule has 204 valence electrons. The van der Waals surface area contributed by atoms with Crippen LogP contribution in [0.15, 0.2) is 65.9 Å². The molecule has 12 heteroatoms. The van der Waals surface area contributed by atoms with Crippen LogP contribution in [0.25, 0.3) is 33.6 Å². The predicted octanol–water partition coefficient (Wildman–Crippen LogP) is 5.81. The monoisotopic (exact) mass is 564 g/mol. The number of anilines is 1. The van der Waals surface area contributed by atoms with Crippen LogP contribution < -0.4 is 15.2 Å². The number of hydrogen-bond donors (Lipinski definition) is 1. The number of nitrogens with zero attached hydrogens (tertiary/aromatic N) is 5. The van der Waals surface area contributed by atoms with Crippen LogP contribution in [-0.2, 0) is 0 Å². The third-order valence-electron chi connectivity index (χ3n) is 7.02. The van der Waals surface area contributed by atoms with E-state index in [1.54, 1.807) is 23.0 Å². The molecule has 2 N–H and O–H groups in total. The van der Waals surface area contributed by atoms with Crippen molar-refractivity contribution in [2.45, 2.75) is 25.3 Å². The number of rotatable bonds is 8. The van der Waals surface area contributed by atoms with Gasteiger partial charge in [-0.05, 0) is 36.6 Å². The molecule has 4 heterocycles. The van der Waals surface area contributed by atoms with Gasteiger partial charge in [0.2, 0.25) is 11.6 Å². The SMILES string of the molecule is COc1cc(C(CC2CC2)n2cc(-c3ccc(N)nc3F)cn2)[n+]([O-])cc1-c1c(-c2cnco2)ccc(Cl)c1F. The van der Waals surface area contributed by atoms with E-state index < -0.39 is 17.8 Å². The second kappa shape index (κ2) is 10.2. The molecule has 5 aromatic rings. The quantitative estimate of drug-likeness (QED) is 0.143. The molecule has 6 rings (SSSR count). The number of ether oxygens (including phenoxy) is 1. The van der Waals surface area contributed by atoms with Crippen LogP contribution in [0.5, 0.6) is 5.75 Å². The molecule has 1 aliphatic rings. The Kier molecular flexibility index (Phi) is 6.59. The minimum absolute atomic E-state index is 0.0451. The van der Waals surface area contributed by atoms with E-state index in [-0.39, 0.29) is 33.3 Å². The highest BCUT2D eigenvalue weighted by molar-refractivity contribution is 6.31. The molecule has 1 atom stereocenters. The third-order valence-corrected chi connectivity index (χ3v) is 7.32. The fourth-order valence-electron chi connectivity index (χ4n) is 4.84. The molecule has 1 fully saturated rings. The highest BCUT2D eigenvalue weighted by Gasteiger charge is 2.34. The van der Waals surface area contributed by atoms with Gasteiger partial charge in [0.25, 0.3) is 0 Å². The van der Waals surface area contributed by atoms with E-state index in [1.807, 2.05) is 0 Å². The fourth-order valence-corrected chi connectivity index (χ4v) is 5.00. The molecule has 4 aromatic heterocycles. The Labute approximate surface area is 232 Å². The Balaban J connectivity index is 1.46. The maximum Gasteiger partial charge on any atom is 0.222 e. The zero-order valence-electron chi connectivity index (χ0n) is 21.2. The summed E-state index contributed by atoms with van der Waals surface area (Å²) in [6.45, 7) is 0. The molecular formula is C28H23ClF2N6O3. The standard InChI is InChI=1S/C28H23ClF2N6O3/c1-39-23-9-22(37(38)13-19(23)26-18(24-11-33-14-40-24)4-6-20(29)27(26)30)21(8-15-2-3-15)36-12-16(10-34-36)17-5-7-25(32)35-28(17)31/h4-7,9-15,21H,2-3,8H2,1H3,(H2,32,35). The number of halogens is 3. The molecular weight excluding hydrogens is 542 g/mol. The van der Waals surface area contributed by atoms with Gasteiger partial charge in [-0.2, -0.15) is 14.2 Å². The lowest BCUT2D eigenvalue weighted by atomic mass is 9.96. The summed E-state index contributed by atoms with van der Waals surface area (Å²) < 4.78 is 43.4. The number of nitrogens with two attached hydrogens (primary N) is 1. The number of methoxy groups -OCH3 is 1. The molecule has 0 saturated heterocycles. The fraction of sp³-hybridized carbons (Fsp3) is 0.214. The van der Waals surface area contributed by atoms with Gasteiger partial charge in [0.1, 0.15) is 17.6 Å². The Morgan fingerprint density at radius 2 is 2.00 bits per heavy atom. The highest BCUT2D eigenvalue weighted by atomic mass is 35.5. The molecule has 9 nitrogen and oxygen atoms in total. The summed E-state index contributed by atoms with van der Waals surface area (Å²) in [4.78, 5) is 7.61. The number of nitrogen functional groups attached to an aromatic ring is 1. The van der Waals surface area contributed by atoms with E-state index in [0.717, 1.165) is 12.8 Å². The molecule has 0 bridgehead atoms. The molecule has 0 amide bonds. The minimum Gasteiger partial charge on any atom is -0.618 e. The van der Waals surface area contributed by atoms with Crippen LogP contribution in [0.2, 0.25) is 5.02 Å². The normalized spacial score (nSPS) is 13.9. The number of benzene rings is 1. The summed E-state index contributed by atoms with van der Waals surface area (Å²) in [7, 11) is 1.44. The average molecular weight is 565 g/mol. The largest absolute Gasteiger partial charge is 0.618 e. The number of pyridine rings is 2. The first-order valence-electron chi connectivity index (χ1n) is 12.5. The van der Waals surface area contributed by atoms with Crippen molar-refractivity contribution in [3.05, 3.63) is 89.2 Å². The van der Waals surface area contributed by atoms with Crippen molar-refractivity contribution < 1.29 is 22.7 Å². The zero-order chi connectivity index (χ0) is 28.0. The smallest absolute Gasteiger partial charge is 0.222 e. The van der Waals surface area contributed by atoms with Gasteiger partial charge < -0.3 is 20.1 Å². The molecule has 40 heavy (non-hydrogen) atoms. The molecule has 1 aliphatic carbocycles. The lowest BCUT2D eigenvalue weighted by Crippen LogP contribution is -2.36. The first-order chi connectivity index (χ1) is 19.3. The first kappa shape index (κ1) is 25.8. The molecule has 0 aliphatic heterocycles. The average Bonchev–Trinajstić information content (AvgIpc) is 3.36. The van der Waals surface area contributed by atoms with Gasteiger partial charge in [-0.1, -0.05) is 24.4 Å². The van der Waals surface area contributed by atoms with Crippen molar-refractivity contribution in [1.29, 1.82) is 0 Å². The van der Waals surface area contributed by atoms with E-state index in [9.17, 15) is 9.60 Å². The van der Waals surface area contributed by atoms with Crippen molar-refractivity contribution in [3.63, 3.8) is 0 Å². The van der Waals surface area contributed by atoms with E-state index in [2.05, 4.69) is 15.1 Å². The second-order valence-electron chi connectivity index (χ2n) is 9.63. The maximum absolute atomic E-state index is 15.5. The molecule has 1 saturated carbocycles. The Bertz CT molecular complexity index is 1700. The van der Waals surface area contributed by atoms with Gasteiger partial charge in [0.15, 0.2) is 24.2 Å². The zero-order valence-corrected chi connectivity index (χ0v) is 22.0. The molecule has 1 aromatic carbocycles. The van der Waals surface area contributed by atoms with E-state index in [4.69, 9.17) is 26.5 Å². The van der Waals surface area contributed by atoms with Crippen LogP contribution in [-0.4, -0.2) is 26.9 Å². The summed E-state index contributed by atoms with van der Waals surface area (Å²) in [5.41, 5.74) is 7.25. The Hall–Kier alpha value is -4.51. The lowest BCUT2D eigenvalue weighted by Gasteiger charge is -2.20. The van der Waals surface area contributed by atoms with Crippen LogP contribution >= 0.6 is 11.6 Å². The Morgan fingerprint density at radius 1 is 1.20 bits per heavy atom. The van der Waals surface area contributed by atoms with Gasteiger partial charge in [-0.3, -0.25) is 4.68 Å². The van der Waals surface area contributed by atoms with Gasteiger partial charge in [-0.15, -0.1) is 0 Å². The number of oxazole rings is 1. The number of hydrogen-bond acceptors (Lipinski definition) is 7. The van der Waals surface area contributed by atoms with Crippen molar-refractivity contribution in [2.24, 2.45) is 5.92 Å². The van der Waals surface area contributed by atoms with Gasteiger partial charge in [-0.25, -0.2) is 14.4 Å². The highest BCUT2D eigenvalue weighted by Crippen LogP contribution is 2.43. The lowest BCUT2D eigenvalue weighted by molar-refractivity contribution is -0.615. The predicted molar refractivity (Wildman–Crippen MR) is 143 cm³/mol. The van der Waals surface area contributed by atoms with Crippen molar-refractivity contribution in [3.8, 4) is 39.3 Å². The first-order valence-corrected chi connectivity index (χ1v) is 12.9. The van der Waals surface area contributed by atoms with E-state index in [1.165, 1.54) is 50.3 Å². The van der Waals surface area contributed by atoms with Gasteiger partial charge in [0, 0.05) is 28.5 Å². The van der Waals surface area contributed by atoms with Crippen LogP contribution in [0, 0.1) is 22.9 Å². The summed E-state index contributed by atoms with van der Waals surface area (Å²) in [5.74, 6) is -0.411. The van der Waals surface area contributed by atoms with Crippen molar-refractivity contribution >= 4 is 17.4 Å². The van der Waals surface area contributed by atoms with Crippen LogP contribution in [0.4, 0.5) is 14.6 Å². The molecule has 1 unspecified atom stereocenters. The minimum atomic E-state index is -0.730. The van der Waals surface area contributed by atoms with Crippen LogP contribution in [0.3, 0.4) is 0 Å². The number of aromatic nitrogens is 5. The Morgan fingerprint density at radius 3 is 2.70 bits per heavy atom. The van der Waals surface area contributed by atoms with Crippen LogP contribution in [0.1, 0.15) is 31.0 Å². The van der Waals surface area contributed by atoms with Crippen molar-refractivity contribution in [1.82, 2.24) is 19.7 Å². The second-order valence-corrected chi connectivity index (χ2v) is 10.0. The summed E-state index contributed by atoms with van der Waals surface area (Å²) in [5, 5.41) is 17.9. The topological polar surface area (TPSA) is 119 Å². The summed E-state index contributed by atoms with van der Waals surface area (Å²) in [6, 6.07) is 7.12. The molecule has 0 radical (unpaired) electrons. The van der Waals surface area contributed by atoms with E-state index >= 15 is 4.39 Å². The summed E-state index contributed by atoms with van der Waals surface area (Å²) >= 11 is 6.13. The molecule has 0 spiro atoms.